The summed E-state index contributed by atoms with van der Waals surface area (Å²) in [6.45, 7) is 3.92. The van der Waals surface area contributed by atoms with Gasteiger partial charge in [-0.25, -0.2) is 0 Å². The number of benzene rings is 1. The van der Waals surface area contributed by atoms with Crippen LogP contribution in [-0.2, 0) is 19.7 Å². The van der Waals surface area contributed by atoms with E-state index in [2.05, 4.69) is 0 Å². The van der Waals surface area contributed by atoms with Gasteiger partial charge in [-0.2, -0.15) is 0 Å². The van der Waals surface area contributed by atoms with Crippen molar-refractivity contribution in [2.24, 2.45) is 5.41 Å². The molecule has 3 heteroatoms. The standard InChI is InChI=1S/C14H16O3/c1-3-17-12(16)14(9-13(14,2)10-15)11-7-5-4-6-8-11/h4-8,10H,3,9H2,1-2H3/t13-,14+/m1/s1. The highest BCUT2D eigenvalue weighted by atomic mass is 16.5. The van der Waals surface area contributed by atoms with E-state index in [1.54, 1.807) is 6.92 Å². The molecular weight excluding hydrogens is 216 g/mol. The van der Waals surface area contributed by atoms with Crippen molar-refractivity contribution in [1.82, 2.24) is 0 Å². The summed E-state index contributed by atoms with van der Waals surface area (Å²) >= 11 is 0. The van der Waals surface area contributed by atoms with Gasteiger partial charge in [-0.15, -0.1) is 0 Å². The van der Waals surface area contributed by atoms with Gasteiger partial charge in [0.2, 0.25) is 0 Å². The Hall–Kier alpha value is -1.64. The van der Waals surface area contributed by atoms with Gasteiger partial charge in [0.25, 0.3) is 0 Å². The lowest BCUT2D eigenvalue weighted by atomic mass is 9.87. The number of carbonyl (C=O) groups is 2. The molecule has 0 unspecified atom stereocenters. The Kier molecular flexibility index (Phi) is 2.77. The summed E-state index contributed by atoms with van der Waals surface area (Å²) in [7, 11) is 0. The van der Waals surface area contributed by atoms with Crippen molar-refractivity contribution >= 4 is 12.3 Å². The molecule has 1 aliphatic carbocycles. The number of hydrogen-bond donors (Lipinski definition) is 0. The van der Waals surface area contributed by atoms with Crippen LogP contribution in [0, 0.1) is 5.41 Å². The molecule has 1 aromatic carbocycles. The highest BCUT2D eigenvalue weighted by Crippen LogP contribution is 2.63. The molecule has 1 saturated carbocycles. The highest BCUT2D eigenvalue weighted by molar-refractivity contribution is 5.95. The molecule has 3 nitrogen and oxygen atoms in total. The lowest BCUT2D eigenvalue weighted by molar-refractivity contribution is -0.148. The second-order valence-corrected chi connectivity index (χ2v) is 4.70. The average Bonchev–Trinajstić information content (AvgIpc) is 3.00. The molecule has 0 saturated heterocycles. The molecular formula is C14H16O3. The Labute approximate surface area is 101 Å². The van der Waals surface area contributed by atoms with Gasteiger partial charge in [-0.1, -0.05) is 37.3 Å². The largest absolute Gasteiger partial charge is 0.465 e. The number of carbonyl (C=O) groups excluding carboxylic acids is 2. The predicted octanol–water partition coefficient (Wildman–Crippen LogP) is 2.10. The van der Waals surface area contributed by atoms with Gasteiger partial charge >= 0.3 is 5.97 Å². The number of hydrogen-bond acceptors (Lipinski definition) is 3. The van der Waals surface area contributed by atoms with Crippen molar-refractivity contribution in [2.75, 3.05) is 6.61 Å². The van der Waals surface area contributed by atoms with Gasteiger partial charge in [0, 0.05) is 5.41 Å². The van der Waals surface area contributed by atoms with Crippen LogP contribution in [0.2, 0.25) is 0 Å². The van der Waals surface area contributed by atoms with Crippen LogP contribution in [0.4, 0.5) is 0 Å². The van der Waals surface area contributed by atoms with Crippen molar-refractivity contribution in [1.29, 1.82) is 0 Å². The number of rotatable bonds is 4. The Bertz CT molecular complexity index is 440. The molecule has 0 amide bonds. The van der Waals surface area contributed by atoms with E-state index in [0.717, 1.165) is 11.8 Å². The Morgan fingerprint density at radius 3 is 2.53 bits per heavy atom. The fourth-order valence-corrected chi connectivity index (χ4v) is 2.48. The topological polar surface area (TPSA) is 43.4 Å². The van der Waals surface area contributed by atoms with Crippen molar-refractivity contribution < 1.29 is 14.3 Å². The SMILES string of the molecule is CCOC(=O)[C@@]1(c2ccccc2)C[C@]1(C)C=O. The quantitative estimate of drug-likeness (QED) is 0.589. The first-order chi connectivity index (χ1) is 8.10. The molecule has 17 heavy (non-hydrogen) atoms. The maximum atomic E-state index is 12.1. The van der Waals surface area contributed by atoms with E-state index in [1.165, 1.54) is 0 Å². The summed E-state index contributed by atoms with van der Waals surface area (Å²) in [5.74, 6) is -0.291. The molecule has 2 rings (SSSR count). The summed E-state index contributed by atoms with van der Waals surface area (Å²) in [5, 5.41) is 0. The monoisotopic (exact) mass is 232 g/mol. The number of aldehydes is 1. The maximum absolute atomic E-state index is 12.1. The van der Waals surface area contributed by atoms with E-state index in [4.69, 9.17) is 4.74 Å². The van der Waals surface area contributed by atoms with Crippen LogP contribution in [0.1, 0.15) is 25.8 Å². The summed E-state index contributed by atoms with van der Waals surface area (Å²) in [6.07, 6.45) is 1.41. The highest BCUT2D eigenvalue weighted by Gasteiger charge is 2.71. The normalized spacial score (nSPS) is 30.7. The first-order valence-corrected chi connectivity index (χ1v) is 5.80. The van der Waals surface area contributed by atoms with E-state index in [0.29, 0.717) is 13.0 Å². The Morgan fingerprint density at radius 1 is 1.41 bits per heavy atom. The van der Waals surface area contributed by atoms with Crippen molar-refractivity contribution in [3.63, 3.8) is 0 Å². The van der Waals surface area contributed by atoms with Crippen LogP contribution in [0.25, 0.3) is 0 Å². The average molecular weight is 232 g/mol. The lowest BCUT2D eigenvalue weighted by Crippen LogP contribution is -2.29. The smallest absolute Gasteiger partial charge is 0.317 e. The molecule has 0 heterocycles. The molecule has 0 bridgehead atoms. The van der Waals surface area contributed by atoms with Crippen LogP contribution in [0.15, 0.2) is 30.3 Å². The van der Waals surface area contributed by atoms with Gasteiger partial charge in [0.05, 0.1) is 6.61 Å². The molecule has 1 aromatic rings. The zero-order valence-corrected chi connectivity index (χ0v) is 10.1. The fourth-order valence-electron chi connectivity index (χ4n) is 2.48. The third-order valence-corrected chi connectivity index (χ3v) is 3.63. The van der Waals surface area contributed by atoms with Gasteiger partial charge in [0.15, 0.2) is 0 Å². The van der Waals surface area contributed by atoms with E-state index >= 15 is 0 Å². The van der Waals surface area contributed by atoms with Gasteiger partial charge < -0.3 is 9.53 Å². The third kappa shape index (κ3) is 1.57. The van der Waals surface area contributed by atoms with E-state index < -0.39 is 10.8 Å². The molecule has 0 aromatic heterocycles. The molecule has 1 aliphatic rings. The minimum absolute atomic E-state index is 0.291. The molecule has 0 spiro atoms. The fraction of sp³-hybridized carbons (Fsp3) is 0.429. The Balaban J connectivity index is 2.42. The second kappa shape index (κ2) is 3.99. The van der Waals surface area contributed by atoms with E-state index in [-0.39, 0.29) is 5.97 Å². The predicted molar refractivity (Wildman–Crippen MR) is 63.5 cm³/mol. The van der Waals surface area contributed by atoms with Gasteiger partial charge in [-0.05, 0) is 18.9 Å². The summed E-state index contributed by atoms with van der Waals surface area (Å²) in [5.41, 5.74) is -0.528. The molecule has 1 fully saturated rings. The zero-order valence-electron chi connectivity index (χ0n) is 10.1. The third-order valence-electron chi connectivity index (χ3n) is 3.63. The van der Waals surface area contributed by atoms with Crippen LogP contribution < -0.4 is 0 Å². The van der Waals surface area contributed by atoms with E-state index in [9.17, 15) is 9.59 Å². The molecule has 2 atom stereocenters. The molecule has 0 aliphatic heterocycles. The van der Waals surface area contributed by atoms with Crippen LogP contribution in [-0.4, -0.2) is 18.9 Å². The number of ether oxygens (including phenoxy) is 1. The van der Waals surface area contributed by atoms with Crippen LogP contribution in [0.3, 0.4) is 0 Å². The van der Waals surface area contributed by atoms with Crippen molar-refractivity contribution in [2.45, 2.75) is 25.7 Å². The van der Waals surface area contributed by atoms with Crippen molar-refractivity contribution in [3.8, 4) is 0 Å². The lowest BCUT2D eigenvalue weighted by Gasteiger charge is -2.18. The summed E-state index contributed by atoms with van der Waals surface area (Å²) < 4.78 is 5.12. The molecule has 0 radical (unpaired) electrons. The van der Waals surface area contributed by atoms with Crippen LogP contribution in [0.5, 0.6) is 0 Å². The first kappa shape index (κ1) is 11.8. The number of esters is 1. The summed E-state index contributed by atoms with van der Waals surface area (Å²) in [6, 6.07) is 9.40. The van der Waals surface area contributed by atoms with Gasteiger partial charge in [0.1, 0.15) is 11.7 Å². The van der Waals surface area contributed by atoms with E-state index in [1.807, 2.05) is 37.3 Å². The minimum Gasteiger partial charge on any atom is -0.465 e. The zero-order chi connectivity index (χ0) is 12.5. The minimum atomic E-state index is -0.772. The second-order valence-electron chi connectivity index (χ2n) is 4.70. The van der Waals surface area contributed by atoms with Crippen LogP contribution >= 0.6 is 0 Å². The summed E-state index contributed by atoms with van der Waals surface area (Å²) in [4.78, 5) is 23.3. The maximum Gasteiger partial charge on any atom is 0.317 e. The molecule has 90 valence electrons. The Morgan fingerprint density at radius 2 is 2.06 bits per heavy atom. The first-order valence-electron chi connectivity index (χ1n) is 5.80. The van der Waals surface area contributed by atoms with Gasteiger partial charge in [-0.3, -0.25) is 4.79 Å². The van der Waals surface area contributed by atoms with Crippen molar-refractivity contribution in [3.05, 3.63) is 35.9 Å². The molecule has 0 N–H and O–H groups in total.